The van der Waals surface area contributed by atoms with Crippen LogP contribution in [-0.2, 0) is 17.4 Å². The van der Waals surface area contributed by atoms with E-state index in [1.54, 1.807) is 0 Å². The Morgan fingerprint density at radius 2 is 1.96 bits per heavy atom. The topological polar surface area (TPSA) is 59.3 Å². The minimum Gasteiger partial charge on any atom is -0.355 e. The Balaban J connectivity index is 1.61. The van der Waals surface area contributed by atoms with Crippen molar-refractivity contribution >= 4 is 34.9 Å². The number of hydrogen-bond donors (Lipinski definition) is 1. The van der Waals surface area contributed by atoms with E-state index in [0.717, 1.165) is 34.0 Å². The molecule has 0 fully saturated rings. The van der Waals surface area contributed by atoms with Crippen molar-refractivity contribution in [1.82, 2.24) is 19.9 Å². The maximum absolute atomic E-state index is 12.9. The molecule has 0 spiro atoms. The summed E-state index contributed by atoms with van der Waals surface area (Å²) in [6.45, 7) is 0.466. The molecule has 0 saturated carbocycles. The number of nitrogens with one attached hydrogen (secondary N) is 1. The van der Waals surface area contributed by atoms with Gasteiger partial charge in [0, 0.05) is 12.7 Å². The van der Waals surface area contributed by atoms with E-state index in [1.807, 2.05) is 30.3 Å². The van der Waals surface area contributed by atoms with Crippen LogP contribution in [0.3, 0.4) is 0 Å². The summed E-state index contributed by atoms with van der Waals surface area (Å²) in [7, 11) is 0. The van der Waals surface area contributed by atoms with Crippen molar-refractivity contribution in [2.75, 3.05) is 12.3 Å². The van der Waals surface area contributed by atoms with Crippen LogP contribution in [0.5, 0.6) is 0 Å². The summed E-state index contributed by atoms with van der Waals surface area (Å²) in [5, 5.41) is 10.4. The lowest BCUT2D eigenvalue weighted by Gasteiger charge is -2.09. The molecule has 0 saturated heterocycles. The van der Waals surface area contributed by atoms with E-state index < -0.39 is 11.7 Å². The van der Waals surface area contributed by atoms with Gasteiger partial charge in [0.25, 0.3) is 0 Å². The molecule has 3 rings (SSSR count). The Hall–Kier alpha value is -2.26. The monoisotopic (exact) mass is 414 g/mol. The first-order valence-electron chi connectivity index (χ1n) is 7.89. The summed E-state index contributed by atoms with van der Waals surface area (Å²) in [5.41, 5.74) is 0.300. The summed E-state index contributed by atoms with van der Waals surface area (Å²) in [5.74, 6) is -0.241. The zero-order valence-corrected chi connectivity index (χ0v) is 15.4. The first-order chi connectivity index (χ1) is 12.8. The van der Waals surface area contributed by atoms with Crippen LogP contribution < -0.4 is 5.32 Å². The molecule has 27 heavy (non-hydrogen) atoms. The molecule has 1 N–H and O–H groups in total. The van der Waals surface area contributed by atoms with E-state index in [2.05, 4.69) is 15.5 Å². The maximum atomic E-state index is 12.9. The smallest absolute Gasteiger partial charge is 0.355 e. The Morgan fingerprint density at radius 1 is 1.22 bits per heavy atom. The molecule has 0 atom stereocenters. The number of pyridine rings is 1. The Labute approximate surface area is 161 Å². The molecule has 1 aromatic carbocycles. The fourth-order valence-corrected chi connectivity index (χ4v) is 3.34. The summed E-state index contributed by atoms with van der Waals surface area (Å²) in [6.07, 6.45) is -2.98. The molecule has 3 aromatic rings. The van der Waals surface area contributed by atoms with Crippen molar-refractivity contribution in [3.8, 4) is 0 Å². The number of thioether (sulfide) groups is 1. The predicted molar refractivity (Wildman–Crippen MR) is 96.9 cm³/mol. The minimum absolute atomic E-state index is 0.00342. The molecule has 2 aromatic heterocycles. The second-order valence-electron chi connectivity index (χ2n) is 5.62. The molecule has 5 nitrogen and oxygen atoms in total. The second kappa shape index (κ2) is 8.18. The standard InChI is InChI=1S/C17H14ClF3N4OS/c18-13-8-12(17(19,20)21)9-25-15(13)23-24-16(25)27-10-14(26)22-7-6-11-4-2-1-3-5-11/h1-5,8-9H,6-7,10H2,(H,22,26). The Bertz CT molecular complexity index is 946. The van der Waals surface area contributed by atoms with Crippen LogP contribution in [-0.4, -0.2) is 32.8 Å². The predicted octanol–water partition coefficient (Wildman–Crippen LogP) is 3.85. The van der Waals surface area contributed by atoms with E-state index in [4.69, 9.17) is 11.6 Å². The van der Waals surface area contributed by atoms with Gasteiger partial charge in [0.1, 0.15) is 0 Å². The molecule has 142 valence electrons. The van der Waals surface area contributed by atoms with Gasteiger partial charge in [-0.25, -0.2) is 0 Å². The van der Waals surface area contributed by atoms with Gasteiger partial charge < -0.3 is 5.32 Å². The van der Waals surface area contributed by atoms with Gasteiger partial charge in [-0.15, -0.1) is 10.2 Å². The highest BCUT2D eigenvalue weighted by Gasteiger charge is 2.32. The third-order valence-corrected chi connectivity index (χ3v) is 4.89. The van der Waals surface area contributed by atoms with Crippen molar-refractivity contribution in [3.05, 3.63) is 58.7 Å². The van der Waals surface area contributed by atoms with Gasteiger partial charge in [0.15, 0.2) is 10.8 Å². The summed E-state index contributed by atoms with van der Waals surface area (Å²) in [4.78, 5) is 12.0. The van der Waals surface area contributed by atoms with E-state index in [0.29, 0.717) is 13.0 Å². The lowest BCUT2D eigenvalue weighted by atomic mass is 10.1. The number of amides is 1. The van der Waals surface area contributed by atoms with Crippen LogP contribution in [0.1, 0.15) is 11.1 Å². The number of benzene rings is 1. The minimum atomic E-state index is -4.54. The van der Waals surface area contributed by atoms with Crippen LogP contribution in [0.2, 0.25) is 5.02 Å². The Kier molecular flexibility index (Phi) is 5.91. The molecule has 0 aliphatic heterocycles. The summed E-state index contributed by atoms with van der Waals surface area (Å²) in [6, 6.07) is 10.5. The molecule has 0 aliphatic carbocycles. The van der Waals surface area contributed by atoms with Gasteiger partial charge in [0.05, 0.1) is 16.3 Å². The SMILES string of the molecule is O=C(CSc1nnc2c(Cl)cc(C(F)(F)F)cn12)NCCc1ccccc1. The van der Waals surface area contributed by atoms with Crippen molar-refractivity contribution in [3.63, 3.8) is 0 Å². The van der Waals surface area contributed by atoms with Gasteiger partial charge in [-0.3, -0.25) is 9.20 Å². The number of carbonyl (C=O) groups excluding carboxylic acids is 1. The van der Waals surface area contributed by atoms with E-state index in [1.165, 1.54) is 0 Å². The van der Waals surface area contributed by atoms with E-state index in [9.17, 15) is 18.0 Å². The highest BCUT2D eigenvalue weighted by atomic mass is 35.5. The summed E-state index contributed by atoms with van der Waals surface area (Å²) >= 11 is 6.85. The van der Waals surface area contributed by atoms with Crippen molar-refractivity contribution < 1.29 is 18.0 Å². The molecule has 0 unspecified atom stereocenters. The van der Waals surface area contributed by atoms with Crippen LogP contribution in [0.15, 0.2) is 47.8 Å². The van der Waals surface area contributed by atoms with E-state index in [-0.39, 0.29) is 27.5 Å². The molecule has 1 amide bonds. The molecule has 0 bridgehead atoms. The normalized spacial score (nSPS) is 11.7. The van der Waals surface area contributed by atoms with Crippen LogP contribution in [0, 0.1) is 0 Å². The highest BCUT2D eigenvalue weighted by molar-refractivity contribution is 7.99. The zero-order valence-electron chi connectivity index (χ0n) is 13.8. The van der Waals surface area contributed by atoms with Crippen molar-refractivity contribution in [2.45, 2.75) is 17.8 Å². The lowest BCUT2D eigenvalue weighted by Crippen LogP contribution is -2.27. The van der Waals surface area contributed by atoms with Crippen molar-refractivity contribution in [2.24, 2.45) is 0 Å². The van der Waals surface area contributed by atoms with Gasteiger partial charge in [-0.1, -0.05) is 53.7 Å². The maximum Gasteiger partial charge on any atom is 0.417 e. The number of fused-ring (bicyclic) bond motifs is 1. The third kappa shape index (κ3) is 4.92. The van der Waals surface area contributed by atoms with E-state index >= 15 is 0 Å². The van der Waals surface area contributed by atoms with Gasteiger partial charge in [-0.2, -0.15) is 13.2 Å². The zero-order chi connectivity index (χ0) is 19.4. The average molecular weight is 415 g/mol. The quantitative estimate of drug-likeness (QED) is 0.622. The molecule has 2 heterocycles. The number of rotatable bonds is 6. The molecule has 0 aliphatic rings. The fourth-order valence-electron chi connectivity index (χ4n) is 2.36. The molecular formula is C17H14ClF3N4OS. The molecule has 10 heteroatoms. The van der Waals surface area contributed by atoms with Gasteiger partial charge >= 0.3 is 6.18 Å². The van der Waals surface area contributed by atoms with Gasteiger partial charge in [0.2, 0.25) is 5.91 Å². The first kappa shape index (κ1) is 19.5. The van der Waals surface area contributed by atoms with Crippen LogP contribution in [0.4, 0.5) is 13.2 Å². The number of hydrogen-bond acceptors (Lipinski definition) is 4. The molecule has 0 radical (unpaired) electrons. The number of alkyl halides is 3. The fraction of sp³-hybridized carbons (Fsp3) is 0.235. The number of aromatic nitrogens is 3. The average Bonchev–Trinajstić information content (AvgIpc) is 3.04. The third-order valence-electron chi connectivity index (χ3n) is 3.67. The first-order valence-corrected chi connectivity index (χ1v) is 9.26. The van der Waals surface area contributed by atoms with Crippen molar-refractivity contribution in [1.29, 1.82) is 0 Å². The summed E-state index contributed by atoms with van der Waals surface area (Å²) < 4.78 is 40.0. The van der Waals surface area contributed by atoms with Gasteiger partial charge in [-0.05, 0) is 18.1 Å². The molecular weight excluding hydrogens is 401 g/mol. The number of carbonyl (C=O) groups is 1. The largest absolute Gasteiger partial charge is 0.417 e. The van der Waals surface area contributed by atoms with Crippen LogP contribution in [0.25, 0.3) is 5.65 Å². The Morgan fingerprint density at radius 3 is 2.67 bits per heavy atom. The number of nitrogens with zero attached hydrogens (tertiary/aromatic N) is 3. The lowest BCUT2D eigenvalue weighted by molar-refractivity contribution is -0.137. The number of halogens is 4. The highest BCUT2D eigenvalue weighted by Crippen LogP contribution is 2.33. The second-order valence-corrected chi connectivity index (χ2v) is 6.97. The van der Waals surface area contributed by atoms with Crippen LogP contribution >= 0.6 is 23.4 Å².